The van der Waals surface area contributed by atoms with Crippen molar-refractivity contribution in [2.75, 3.05) is 32.8 Å². The van der Waals surface area contributed by atoms with Crippen molar-refractivity contribution in [2.24, 2.45) is 4.99 Å². The van der Waals surface area contributed by atoms with Crippen molar-refractivity contribution < 1.29 is 4.74 Å². The van der Waals surface area contributed by atoms with Crippen LogP contribution in [-0.4, -0.2) is 63.8 Å². The van der Waals surface area contributed by atoms with Gasteiger partial charge in [0.25, 0.3) is 0 Å². The molecule has 1 fully saturated rings. The molecule has 1 saturated heterocycles. The Morgan fingerprint density at radius 1 is 1.12 bits per heavy atom. The first-order valence-corrected chi connectivity index (χ1v) is 11.5. The molecule has 0 radical (unpaired) electrons. The second kappa shape index (κ2) is 9.02. The number of ether oxygens (including phenoxy) is 1. The number of hydrazine groups is 1. The van der Waals surface area contributed by atoms with Crippen molar-refractivity contribution in [3.8, 4) is 11.3 Å². The van der Waals surface area contributed by atoms with Gasteiger partial charge in [0.1, 0.15) is 17.3 Å². The molecule has 168 valence electrons. The van der Waals surface area contributed by atoms with E-state index < -0.39 is 0 Å². The summed E-state index contributed by atoms with van der Waals surface area (Å²) in [5.74, 6) is 2.10. The Labute approximate surface area is 190 Å². The number of allylic oxidation sites excluding steroid dienone is 2. The molecular formula is C25H32N6O. The zero-order chi connectivity index (χ0) is 22.0. The Balaban J connectivity index is 1.32. The minimum atomic E-state index is -0.339. The van der Waals surface area contributed by atoms with Crippen molar-refractivity contribution >= 4 is 5.84 Å². The second-order valence-electron chi connectivity index (χ2n) is 8.99. The van der Waals surface area contributed by atoms with E-state index in [-0.39, 0.29) is 5.66 Å². The third-order valence-electron chi connectivity index (χ3n) is 6.34. The molecule has 0 saturated carbocycles. The maximum absolute atomic E-state index is 5.50. The van der Waals surface area contributed by atoms with Crippen LogP contribution in [0.2, 0.25) is 0 Å². The lowest BCUT2D eigenvalue weighted by molar-refractivity contribution is 0.0363. The molecule has 3 aliphatic rings. The summed E-state index contributed by atoms with van der Waals surface area (Å²) in [6.07, 6.45) is 10.2. The summed E-state index contributed by atoms with van der Waals surface area (Å²) < 4.78 is 7.83. The zero-order valence-electron chi connectivity index (χ0n) is 19.0. The first-order chi connectivity index (χ1) is 15.6. The fourth-order valence-corrected chi connectivity index (χ4v) is 4.44. The second-order valence-corrected chi connectivity index (χ2v) is 8.99. The Hall–Kier alpha value is -2.74. The van der Waals surface area contributed by atoms with Gasteiger partial charge in [-0.3, -0.25) is 9.91 Å². The lowest BCUT2D eigenvalue weighted by Gasteiger charge is -2.27. The van der Waals surface area contributed by atoms with Gasteiger partial charge in [0.05, 0.1) is 18.9 Å². The molecule has 1 atom stereocenters. The molecule has 7 heteroatoms. The van der Waals surface area contributed by atoms with Gasteiger partial charge in [-0.15, -0.1) is 0 Å². The van der Waals surface area contributed by atoms with Gasteiger partial charge in [0.15, 0.2) is 0 Å². The third kappa shape index (κ3) is 4.70. The first kappa shape index (κ1) is 21.1. The van der Waals surface area contributed by atoms with Crippen LogP contribution in [0.3, 0.4) is 0 Å². The van der Waals surface area contributed by atoms with Crippen LogP contribution in [0, 0.1) is 0 Å². The van der Waals surface area contributed by atoms with Crippen molar-refractivity contribution in [1.82, 2.24) is 24.9 Å². The average Bonchev–Trinajstić information content (AvgIpc) is 3.38. The number of benzene rings is 1. The standard InChI is InChI=1S/C25H32N6O/c1-20-9-11-31-24(18-20)27-25(2,28-31)10-8-23-26-22(21-6-4-3-5-7-21)19-30(23)13-12-29-14-16-32-17-15-29/h3-7,9,11,18-19,28H,8,10,12-17H2,1-2H3. The first-order valence-electron chi connectivity index (χ1n) is 11.5. The molecule has 0 amide bonds. The largest absolute Gasteiger partial charge is 0.379 e. The Morgan fingerprint density at radius 2 is 1.94 bits per heavy atom. The van der Waals surface area contributed by atoms with Crippen molar-refractivity contribution in [2.45, 2.75) is 38.9 Å². The molecule has 0 bridgehead atoms. The SMILES string of the molecule is CC1=CC2=NC(C)(CCc3nc(-c4ccccc4)cn3CCN3CCOCC3)NN2C=C1. The van der Waals surface area contributed by atoms with Crippen LogP contribution < -0.4 is 5.43 Å². The van der Waals surface area contributed by atoms with E-state index in [4.69, 9.17) is 14.7 Å². The number of amidine groups is 1. The molecular weight excluding hydrogens is 400 g/mol. The highest BCUT2D eigenvalue weighted by molar-refractivity contribution is 5.96. The summed E-state index contributed by atoms with van der Waals surface area (Å²) in [4.78, 5) is 12.5. The molecule has 7 nitrogen and oxygen atoms in total. The molecule has 1 aromatic carbocycles. The van der Waals surface area contributed by atoms with Crippen LogP contribution in [0.15, 0.2) is 65.4 Å². The number of nitrogens with one attached hydrogen (secondary N) is 1. The molecule has 4 heterocycles. The van der Waals surface area contributed by atoms with Gasteiger partial charge in [-0.05, 0) is 38.0 Å². The van der Waals surface area contributed by atoms with Crippen LogP contribution >= 0.6 is 0 Å². The van der Waals surface area contributed by atoms with E-state index >= 15 is 0 Å². The number of nitrogens with zero attached hydrogens (tertiary/aromatic N) is 5. The zero-order valence-corrected chi connectivity index (χ0v) is 19.0. The van der Waals surface area contributed by atoms with E-state index in [1.165, 1.54) is 5.57 Å². The fourth-order valence-electron chi connectivity index (χ4n) is 4.44. The number of hydrogen-bond acceptors (Lipinski definition) is 6. The molecule has 0 aliphatic carbocycles. The smallest absolute Gasteiger partial charge is 0.144 e. The van der Waals surface area contributed by atoms with E-state index in [2.05, 4.69) is 77.6 Å². The Kier molecular flexibility index (Phi) is 5.95. The third-order valence-corrected chi connectivity index (χ3v) is 6.34. The maximum Gasteiger partial charge on any atom is 0.144 e. The van der Waals surface area contributed by atoms with Crippen LogP contribution in [-0.2, 0) is 17.7 Å². The molecule has 2 aromatic rings. The van der Waals surface area contributed by atoms with Gasteiger partial charge in [-0.1, -0.05) is 30.3 Å². The molecule has 1 unspecified atom stereocenters. The number of imidazole rings is 1. The number of hydrogen-bond donors (Lipinski definition) is 1. The van der Waals surface area contributed by atoms with E-state index in [0.29, 0.717) is 0 Å². The van der Waals surface area contributed by atoms with Crippen LogP contribution in [0.4, 0.5) is 0 Å². The number of fused-ring (bicyclic) bond motifs is 1. The normalized spacial score (nSPS) is 23.2. The van der Waals surface area contributed by atoms with Crippen molar-refractivity contribution in [1.29, 1.82) is 0 Å². The van der Waals surface area contributed by atoms with E-state index in [9.17, 15) is 0 Å². The fraction of sp³-hybridized carbons (Fsp3) is 0.440. The number of aromatic nitrogens is 2. The van der Waals surface area contributed by atoms with Gasteiger partial charge < -0.3 is 9.30 Å². The summed E-state index contributed by atoms with van der Waals surface area (Å²) in [5.41, 5.74) is 6.62. The predicted octanol–water partition coefficient (Wildman–Crippen LogP) is 3.22. The highest BCUT2D eigenvalue weighted by atomic mass is 16.5. The minimum Gasteiger partial charge on any atom is -0.379 e. The molecule has 3 aliphatic heterocycles. The average molecular weight is 433 g/mol. The minimum absolute atomic E-state index is 0.339. The molecule has 1 aromatic heterocycles. The number of aryl methyl sites for hydroxylation is 1. The molecule has 0 spiro atoms. The van der Waals surface area contributed by atoms with Gasteiger partial charge in [0, 0.05) is 50.6 Å². The Bertz CT molecular complexity index is 1030. The Morgan fingerprint density at radius 3 is 2.75 bits per heavy atom. The highest BCUT2D eigenvalue weighted by Gasteiger charge is 2.34. The van der Waals surface area contributed by atoms with Gasteiger partial charge >= 0.3 is 0 Å². The predicted molar refractivity (Wildman–Crippen MR) is 127 cm³/mol. The van der Waals surface area contributed by atoms with Crippen molar-refractivity contribution in [3.05, 3.63) is 66.3 Å². The quantitative estimate of drug-likeness (QED) is 0.728. The monoisotopic (exact) mass is 432 g/mol. The van der Waals surface area contributed by atoms with Crippen LogP contribution in [0.25, 0.3) is 11.3 Å². The lowest BCUT2D eigenvalue weighted by Crippen LogP contribution is -2.44. The van der Waals surface area contributed by atoms with Crippen LogP contribution in [0.1, 0.15) is 26.1 Å². The highest BCUT2D eigenvalue weighted by Crippen LogP contribution is 2.26. The van der Waals surface area contributed by atoms with Gasteiger partial charge in [-0.2, -0.15) is 0 Å². The summed E-state index contributed by atoms with van der Waals surface area (Å²) in [7, 11) is 0. The summed E-state index contributed by atoms with van der Waals surface area (Å²) >= 11 is 0. The van der Waals surface area contributed by atoms with Crippen LogP contribution in [0.5, 0.6) is 0 Å². The number of aliphatic imine (C=N–C) groups is 1. The lowest BCUT2D eigenvalue weighted by atomic mass is 10.1. The van der Waals surface area contributed by atoms with E-state index in [1.54, 1.807) is 0 Å². The number of morpholine rings is 1. The molecule has 32 heavy (non-hydrogen) atoms. The van der Waals surface area contributed by atoms with Gasteiger partial charge in [0.2, 0.25) is 0 Å². The molecule has 1 N–H and O–H groups in total. The van der Waals surface area contributed by atoms with E-state index in [0.717, 1.165) is 75.2 Å². The topological polar surface area (TPSA) is 57.9 Å². The summed E-state index contributed by atoms with van der Waals surface area (Å²) in [6, 6.07) is 10.4. The van der Waals surface area contributed by atoms with E-state index in [1.807, 2.05) is 11.1 Å². The van der Waals surface area contributed by atoms with Gasteiger partial charge in [-0.25, -0.2) is 15.4 Å². The summed E-state index contributed by atoms with van der Waals surface area (Å²) in [5, 5.41) is 2.02. The number of rotatable bonds is 7. The molecule has 5 rings (SSSR count). The summed E-state index contributed by atoms with van der Waals surface area (Å²) in [6.45, 7) is 9.88. The maximum atomic E-state index is 5.50. The van der Waals surface area contributed by atoms with Crippen molar-refractivity contribution in [3.63, 3.8) is 0 Å².